The first-order valence-electron chi connectivity index (χ1n) is 8.06. The van der Waals surface area contributed by atoms with Crippen LogP contribution in [0.25, 0.3) is 11.0 Å². The highest BCUT2D eigenvalue weighted by atomic mass is 16.6. The van der Waals surface area contributed by atoms with Gasteiger partial charge >= 0.3 is 5.97 Å². The predicted octanol–water partition coefficient (Wildman–Crippen LogP) is 3.25. The lowest BCUT2D eigenvalue weighted by Crippen LogP contribution is -2.15. The molecule has 7 nitrogen and oxygen atoms in total. The van der Waals surface area contributed by atoms with Gasteiger partial charge in [-0.05, 0) is 25.1 Å². The molecule has 0 spiro atoms. The van der Waals surface area contributed by atoms with Crippen molar-refractivity contribution in [2.45, 2.75) is 6.92 Å². The average molecular weight is 339 g/mol. The molecule has 3 aromatic rings. The van der Waals surface area contributed by atoms with E-state index < -0.39 is 0 Å². The molecule has 0 aliphatic carbocycles. The second-order valence-corrected chi connectivity index (χ2v) is 5.52. The van der Waals surface area contributed by atoms with Crippen molar-refractivity contribution in [1.29, 1.82) is 0 Å². The molecule has 0 amide bonds. The summed E-state index contributed by atoms with van der Waals surface area (Å²) in [5.74, 6) is 1.62. The fourth-order valence-corrected chi connectivity index (χ4v) is 2.68. The third-order valence-corrected chi connectivity index (χ3v) is 3.78. The van der Waals surface area contributed by atoms with Gasteiger partial charge in [0.15, 0.2) is 11.5 Å². The Labute approximate surface area is 143 Å². The van der Waals surface area contributed by atoms with E-state index in [1.54, 1.807) is 25.1 Å². The van der Waals surface area contributed by atoms with E-state index in [-0.39, 0.29) is 5.97 Å². The average Bonchev–Trinajstić information content (AvgIpc) is 3.01. The number of aromatic amines is 1. The third-order valence-electron chi connectivity index (χ3n) is 3.78. The van der Waals surface area contributed by atoms with Gasteiger partial charge in [-0.25, -0.2) is 9.78 Å². The zero-order valence-electron chi connectivity index (χ0n) is 13.7. The van der Waals surface area contributed by atoms with Gasteiger partial charge in [-0.15, -0.1) is 0 Å². The number of aromatic nitrogens is 2. The highest BCUT2D eigenvalue weighted by Crippen LogP contribution is 2.34. The van der Waals surface area contributed by atoms with Crippen LogP contribution in [-0.2, 0) is 4.74 Å². The SMILES string of the molecule is CCOC(=O)c1cccc(Nc2nc3cc4c(cc3[nH]2)OCCO4)c1. The number of carbonyl (C=O) groups excluding carboxylic acids is 1. The van der Waals surface area contributed by atoms with Crippen LogP contribution in [0.3, 0.4) is 0 Å². The number of esters is 1. The summed E-state index contributed by atoms with van der Waals surface area (Å²) < 4.78 is 16.2. The molecule has 128 valence electrons. The molecule has 0 saturated heterocycles. The summed E-state index contributed by atoms with van der Waals surface area (Å²) >= 11 is 0. The Balaban J connectivity index is 1.60. The van der Waals surface area contributed by atoms with Crippen molar-refractivity contribution < 1.29 is 19.0 Å². The number of nitrogens with zero attached hydrogens (tertiary/aromatic N) is 1. The number of H-pyrrole nitrogens is 1. The molecular weight excluding hydrogens is 322 g/mol. The molecule has 1 aliphatic heterocycles. The number of ether oxygens (including phenoxy) is 3. The van der Waals surface area contributed by atoms with Gasteiger partial charge < -0.3 is 24.5 Å². The van der Waals surface area contributed by atoms with Crippen LogP contribution in [0.2, 0.25) is 0 Å². The fraction of sp³-hybridized carbons (Fsp3) is 0.222. The minimum Gasteiger partial charge on any atom is -0.486 e. The summed E-state index contributed by atoms with van der Waals surface area (Å²) in [6.07, 6.45) is 0. The number of anilines is 2. The molecule has 2 aromatic carbocycles. The summed E-state index contributed by atoms with van der Waals surface area (Å²) in [6.45, 7) is 3.20. The molecule has 1 aromatic heterocycles. The zero-order chi connectivity index (χ0) is 17.2. The van der Waals surface area contributed by atoms with Crippen molar-refractivity contribution in [2.24, 2.45) is 0 Å². The number of rotatable bonds is 4. The smallest absolute Gasteiger partial charge is 0.338 e. The quantitative estimate of drug-likeness (QED) is 0.710. The maximum absolute atomic E-state index is 11.8. The van der Waals surface area contributed by atoms with Crippen molar-refractivity contribution in [2.75, 3.05) is 25.1 Å². The van der Waals surface area contributed by atoms with E-state index in [0.717, 1.165) is 16.7 Å². The van der Waals surface area contributed by atoms with Gasteiger partial charge in [-0.2, -0.15) is 0 Å². The maximum Gasteiger partial charge on any atom is 0.338 e. The number of benzene rings is 2. The van der Waals surface area contributed by atoms with Crippen LogP contribution in [0.1, 0.15) is 17.3 Å². The lowest BCUT2D eigenvalue weighted by atomic mass is 10.2. The number of imidazole rings is 1. The Hall–Kier alpha value is -3.22. The largest absolute Gasteiger partial charge is 0.486 e. The van der Waals surface area contributed by atoms with E-state index in [4.69, 9.17) is 14.2 Å². The molecule has 0 radical (unpaired) electrons. The molecule has 0 bridgehead atoms. The predicted molar refractivity (Wildman–Crippen MR) is 92.8 cm³/mol. The van der Waals surface area contributed by atoms with Crippen molar-refractivity contribution in [1.82, 2.24) is 9.97 Å². The minimum atomic E-state index is -0.349. The van der Waals surface area contributed by atoms with Gasteiger partial charge in [0.05, 0.1) is 23.2 Å². The standard InChI is InChI=1S/C18H17N3O4/c1-2-23-17(22)11-4-3-5-12(8-11)19-18-20-13-9-15-16(10-14(13)21-18)25-7-6-24-15/h3-5,8-10H,2,6-7H2,1H3,(H2,19,20,21). The zero-order valence-corrected chi connectivity index (χ0v) is 13.7. The van der Waals surface area contributed by atoms with Crippen LogP contribution in [0.5, 0.6) is 11.5 Å². The van der Waals surface area contributed by atoms with E-state index in [2.05, 4.69) is 15.3 Å². The van der Waals surface area contributed by atoms with E-state index in [1.807, 2.05) is 18.2 Å². The fourth-order valence-electron chi connectivity index (χ4n) is 2.68. The van der Waals surface area contributed by atoms with E-state index in [1.165, 1.54) is 0 Å². The van der Waals surface area contributed by atoms with Crippen molar-refractivity contribution in [3.05, 3.63) is 42.0 Å². The van der Waals surface area contributed by atoms with E-state index in [9.17, 15) is 4.79 Å². The molecule has 0 atom stereocenters. The van der Waals surface area contributed by atoms with Gasteiger partial charge in [0.25, 0.3) is 0 Å². The van der Waals surface area contributed by atoms with Crippen molar-refractivity contribution >= 4 is 28.6 Å². The molecule has 2 heterocycles. The highest BCUT2D eigenvalue weighted by Gasteiger charge is 2.15. The molecule has 25 heavy (non-hydrogen) atoms. The number of carbonyl (C=O) groups is 1. The van der Waals surface area contributed by atoms with Crippen molar-refractivity contribution in [3.63, 3.8) is 0 Å². The molecule has 0 saturated carbocycles. The summed E-state index contributed by atoms with van der Waals surface area (Å²) in [5, 5.41) is 3.17. The van der Waals surface area contributed by atoms with Gasteiger partial charge in [0.2, 0.25) is 5.95 Å². The Morgan fingerprint density at radius 3 is 2.84 bits per heavy atom. The maximum atomic E-state index is 11.8. The van der Waals surface area contributed by atoms with Crippen LogP contribution >= 0.6 is 0 Å². The van der Waals surface area contributed by atoms with E-state index >= 15 is 0 Å². The number of hydrogen-bond acceptors (Lipinski definition) is 6. The molecule has 0 fully saturated rings. The van der Waals surface area contributed by atoms with Crippen LogP contribution in [0.4, 0.5) is 11.6 Å². The molecule has 0 unspecified atom stereocenters. The lowest BCUT2D eigenvalue weighted by Gasteiger charge is -2.17. The molecule has 1 aliphatic rings. The number of fused-ring (bicyclic) bond motifs is 2. The first-order chi connectivity index (χ1) is 12.2. The third kappa shape index (κ3) is 3.08. The Bertz CT molecular complexity index is 892. The number of nitrogens with one attached hydrogen (secondary N) is 2. The van der Waals surface area contributed by atoms with Gasteiger partial charge in [-0.3, -0.25) is 0 Å². The first kappa shape index (κ1) is 15.3. The monoisotopic (exact) mass is 339 g/mol. The van der Waals surface area contributed by atoms with Crippen LogP contribution in [-0.4, -0.2) is 35.8 Å². The van der Waals surface area contributed by atoms with Crippen molar-refractivity contribution in [3.8, 4) is 11.5 Å². The lowest BCUT2D eigenvalue weighted by molar-refractivity contribution is 0.0526. The normalized spacial score (nSPS) is 12.8. The van der Waals surface area contributed by atoms with E-state index in [0.29, 0.717) is 42.8 Å². The highest BCUT2D eigenvalue weighted by molar-refractivity contribution is 5.91. The molecule has 7 heteroatoms. The second-order valence-electron chi connectivity index (χ2n) is 5.52. The second kappa shape index (κ2) is 6.35. The summed E-state index contributed by atoms with van der Waals surface area (Å²) in [4.78, 5) is 19.5. The van der Waals surface area contributed by atoms with Crippen LogP contribution in [0.15, 0.2) is 36.4 Å². The topological polar surface area (TPSA) is 85.5 Å². The summed E-state index contributed by atoms with van der Waals surface area (Å²) in [5.41, 5.74) is 2.84. The van der Waals surface area contributed by atoms with Gasteiger partial charge in [0, 0.05) is 17.8 Å². The number of hydrogen-bond donors (Lipinski definition) is 2. The Morgan fingerprint density at radius 2 is 2.04 bits per heavy atom. The summed E-state index contributed by atoms with van der Waals surface area (Å²) in [6, 6.07) is 10.8. The Kier molecular flexibility index (Phi) is 3.89. The summed E-state index contributed by atoms with van der Waals surface area (Å²) in [7, 11) is 0. The Morgan fingerprint density at radius 1 is 1.24 bits per heavy atom. The molecular formula is C18H17N3O4. The van der Waals surface area contributed by atoms with Crippen LogP contribution < -0.4 is 14.8 Å². The minimum absolute atomic E-state index is 0.342. The van der Waals surface area contributed by atoms with Gasteiger partial charge in [0.1, 0.15) is 13.2 Å². The van der Waals surface area contributed by atoms with Crippen LogP contribution in [0, 0.1) is 0 Å². The first-order valence-corrected chi connectivity index (χ1v) is 8.06. The molecule has 4 rings (SSSR count). The van der Waals surface area contributed by atoms with Gasteiger partial charge in [-0.1, -0.05) is 6.07 Å². The molecule has 2 N–H and O–H groups in total.